The lowest BCUT2D eigenvalue weighted by atomic mass is 9.81. The maximum atomic E-state index is 9.10. The van der Waals surface area contributed by atoms with Crippen LogP contribution < -0.4 is 21.7 Å². The van der Waals surface area contributed by atoms with Crippen LogP contribution >= 0.6 is 0 Å². The number of nitrogen functional groups attached to an aromatic ring is 1. The molecule has 174 valence electrons. The minimum atomic E-state index is -0.0273. The Balaban J connectivity index is 1.50. The largest absolute Gasteiger partial charge is 0.395 e. The zero-order chi connectivity index (χ0) is 22.5. The molecule has 0 spiro atoms. The molecule has 2 aromatic heterocycles. The predicted octanol–water partition coefficient (Wildman–Crippen LogP) is -0.851. The topological polar surface area (TPSA) is 200 Å². The van der Waals surface area contributed by atoms with Gasteiger partial charge in [-0.05, 0) is 31.1 Å². The van der Waals surface area contributed by atoms with Crippen LogP contribution in [0.3, 0.4) is 0 Å². The van der Waals surface area contributed by atoms with E-state index in [0.29, 0.717) is 61.0 Å². The molecule has 0 amide bonds. The molecule has 2 saturated carbocycles. The van der Waals surface area contributed by atoms with Gasteiger partial charge >= 0.3 is 0 Å². The molecule has 2 aliphatic carbocycles. The van der Waals surface area contributed by atoms with E-state index in [1.807, 2.05) is 0 Å². The molecule has 13 nitrogen and oxygen atoms in total. The zero-order valence-corrected chi connectivity index (χ0v) is 17.8. The van der Waals surface area contributed by atoms with Crippen molar-refractivity contribution in [2.45, 2.75) is 31.1 Å². The average Bonchev–Trinajstić information content (AvgIpc) is 3.41. The Hall–Kier alpha value is -2.90. The van der Waals surface area contributed by atoms with Gasteiger partial charge in [0.25, 0.3) is 0 Å². The summed E-state index contributed by atoms with van der Waals surface area (Å²) >= 11 is 0. The third-order valence-corrected chi connectivity index (χ3v) is 6.03. The molecular weight excluding hydrogens is 416 g/mol. The van der Waals surface area contributed by atoms with Gasteiger partial charge in [-0.2, -0.15) is 29.9 Å². The molecule has 4 unspecified atom stereocenters. The molecule has 2 aliphatic rings. The molecular formula is C19H30N10O3. The van der Waals surface area contributed by atoms with Crippen molar-refractivity contribution >= 4 is 23.8 Å². The van der Waals surface area contributed by atoms with Gasteiger partial charge in [0.15, 0.2) is 0 Å². The minimum absolute atomic E-state index is 0.0209. The van der Waals surface area contributed by atoms with E-state index in [9.17, 15) is 0 Å². The van der Waals surface area contributed by atoms with Gasteiger partial charge in [0.05, 0.1) is 19.8 Å². The van der Waals surface area contributed by atoms with Crippen LogP contribution in [0.4, 0.5) is 23.8 Å². The summed E-state index contributed by atoms with van der Waals surface area (Å²) in [6.45, 7) is 0.957. The first-order valence-electron chi connectivity index (χ1n) is 10.9. The molecule has 0 saturated heterocycles. The number of aromatic nitrogens is 6. The highest BCUT2D eigenvalue weighted by Crippen LogP contribution is 2.58. The molecule has 2 aromatic rings. The highest BCUT2D eigenvalue weighted by molar-refractivity contribution is 5.36. The number of aliphatic hydroxyl groups excluding tert-OH is 3. The number of rotatable bonds is 11. The van der Waals surface area contributed by atoms with Crippen molar-refractivity contribution in [2.75, 3.05) is 61.1 Å². The smallest absolute Gasteiger partial charge is 0.227 e. The Morgan fingerprint density at radius 1 is 0.625 bits per heavy atom. The number of anilines is 4. The zero-order valence-electron chi connectivity index (χ0n) is 17.8. The van der Waals surface area contributed by atoms with Gasteiger partial charge in [0.1, 0.15) is 11.6 Å². The summed E-state index contributed by atoms with van der Waals surface area (Å²) in [7, 11) is 0. The van der Waals surface area contributed by atoms with E-state index in [1.54, 1.807) is 0 Å². The van der Waals surface area contributed by atoms with E-state index in [1.165, 1.54) is 0 Å². The molecule has 4 atom stereocenters. The number of nitrogens with two attached hydrogens (primary N) is 1. The fourth-order valence-electron chi connectivity index (χ4n) is 4.78. The standard InChI is InChI=1S/C19H30N10O3/c20-16-24-14(25-17(28-16)21-1-4-30)12-8-11-7-10(12)9-13(11)15-26-18(22-2-5-31)29-19(27-15)23-3-6-32/h10-13,30-32H,1-9H2,(H3,20,21,24,25,28)(H2,22,23,26,27,29). The summed E-state index contributed by atoms with van der Waals surface area (Å²) in [4.78, 5) is 26.5. The Labute approximate surface area is 185 Å². The summed E-state index contributed by atoms with van der Waals surface area (Å²) in [5.74, 6) is 3.94. The van der Waals surface area contributed by atoms with Crippen LogP contribution in [-0.2, 0) is 0 Å². The molecule has 8 N–H and O–H groups in total. The second-order valence-electron chi connectivity index (χ2n) is 8.11. The average molecular weight is 447 g/mol. The summed E-state index contributed by atoms with van der Waals surface area (Å²) < 4.78 is 0. The lowest BCUT2D eigenvalue weighted by molar-refractivity contribution is 0.310. The molecule has 0 aromatic carbocycles. The molecule has 13 heteroatoms. The Morgan fingerprint density at radius 3 is 1.50 bits per heavy atom. The fourth-order valence-corrected chi connectivity index (χ4v) is 4.78. The molecule has 2 heterocycles. The quantitative estimate of drug-likeness (QED) is 0.225. The number of hydrogen-bond acceptors (Lipinski definition) is 13. The fraction of sp³-hybridized carbons (Fsp3) is 0.684. The minimum Gasteiger partial charge on any atom is -0.395 e. The first-order chi connectivity index (χ1) is 15.6. The van der Waals surface area contributed by atoms with Crippen molar-refractivity contribution < 1.29 is 15.3 Å². The van der Waals surface area contributed by atoms with Crippen LogP contribution in [0.25, 0.3) is 0 Å². The van der Waals surface area contributed by atoms with Crippen LogP contribution in [0.5, 0.6) is 0 Å². The molecule has 2 fully saturated rings. The maximum Gasteiger partial charge on any atom is 0.227 e. The van der Waals surface area contributed by atoms with Gasteiger partial charge < -0.3 is 37.0 Å². The van der Waals surface area contributed by atoms with Crippen molar-refractivity contribution in [2.24, 2.45) is 11.8 Å². The van der Waals surface area contributed by atoms with Gasteiger partial charge in [-0.1, -0.05) is 0 Å². The van der Waals surface area contributed by atoms with Crippen LogP contribution in [0.1, 0.15) is 42.7 Å². The van der Waals surface area contributed by atoms with Crippen molar-refractivity contribution in [3.8, 4) is 0 Å². The molecule has 0 radical (unpaired) electrons. The van der Waals surface area contributed by atoms with Crippen LogP contribution in [-0.4, -0.2) is 84.7 Å². The molecule has 0 aliphatic heterocycles. The molecule has 32 heavy (non-hydrogen) atoms. The number of hydrogen-bond donors (Lipinski definition) is 7. The monoisotopic (exact) mass is 446 g/mol. The van der Waals surface area contributed by atoms with E-state index < -0.39 is 0 Å². The Kier molecular flexibility index (Phi) is 7.07. The highest BCUT2D eigenvalue weighted by Gasteiger charge is 2.49. The third kappa shape index (κ3) is 4.95. The van der Waals surface area contributed by atoms with Gasteiger partial charge in [-0.15, -0.1) is 0 Å². The second kappa shape index (κ2) is 10.1. The lowest BCUT2D eigenvalue weighted by Gasteiger charge is -2.26. The first-order valence-corrected chi connectivity index (χ1v) is 10.9. The van der Waals surface area contributed by atoms with Crippen molar-refractivity contribution in [1.82, 2.24) is 29.9 Å². The van der Waals surface area contributed by atoms with Crippen LogP contribution in [0, 0.1) is 11.8 Å². The summed E-state index contributed by atoms with van der Waals surface area (Å²) in [5.41, 5.74) is 5.89. The number of nitrogens with one attached hydrogen (secondary N) is 3. The summed E-state index contributed by atoms with van der Waals surface area (Å²) in [5, 5.41) is 36.2. The number of aliphatic hydroxyl groups is 3. The van der Waals surface area contributed by atoms with Crippen molar-refractivity contribution in [3.63, 3.8) is 0 Å². The molecule has 2 bridgehead atoms. The Bertz CT molecular complexity index is 891. The van der Waals surface area contributed by atoms with Crippen molar-refractivity contribution in [1.29, 1.82) is 0 Å². The summed E-state index contributed by atoms with van der Waals surface area (Å²) in [6, 6.07) is 0. The third-order valence-electron chi connectivity index (χ3n) is 6.03. The lowest BCUT2D eigenvalue weighted by Crippen LogP contribution is -2.22. The highest BCUT2D eigenvalue weighted by atomic mass is 16.3. The van der Waals surface area contributed by atoms with Crippen LogP contribution in [0.15, 0.2) is 0 Å². The predicted molar refractivity (Wildman–Crippen MR) is 117 cm³/mol. The normalized spacial score (nSPS) is 24.0. The Morgan fingerprint density at radius 2 is 1.06 bits per heavy atom. The van der Waals surface area contributed by atoms with Crippen LogP contribution in [0.2, 0.25) is 0 Å². The number of nitrogens with zero attached hydrogens (tertiary/aromatic N) is 6. The van der Waals surface area contributed by atoms with E-state index in [4.69, 9.17) is 21.1 Å². The van der Waals surface area contributed by atoms with Gasteiger partial charge in [0.2, 0.25) is 23.8 Å². The second-order valence-corrected chi connectivity index (χ2v) is 8.11. The first kappa shape index (κ1) is 22.3. The van der Waals surface area contributed by atoms with E-state index >= 15 is 0 Å². The molecule has 4 rings (SSSR count). The van der Waals surface area contributed by atoms with Gasteiger partial charge in [-0.25, -0.2) is 0 Å². The number of fused-ring (bicyclic) bond motifs is 2. The SMILES string of the molecule is Nc1nc(NCCO)nc(C2CC3CC2CC3c2nc(NCCO)nc(NCCO)n2)n1. The van der Waals surface area contributed by atoms with E-state index in [-0.39, 0.29) is 37.6 Å². The van der Waals surface area contributed by atoms with Gasteiger partial charge in [-0.3, -0.25) is 0 Å². The van der Waals surface area contributed by atoms with Gasteiger partial charge in [0, 0.05) is 31.5 Å². The van der Waals surface area contributed by atoms with E-state index in [2.05, 4.69) is 45.9 Å². The maximum absolute atomic E-state index is 9.10. The van der Waals surface area contributed by atoms with E-state index in [0.717, 1.165) is 19.3 Å². The van der Waals surface area contributed by atoms with Crippen molar-refractivity contribution in [3.05, 3.63) is 11.6 Å². The summed E-state index contributed by atoms with van der Waals surface area (Å²) in [6.07, 6.45) is 2.84.